The van der Waals surface area contributed by atoms with Crippen LogP contribution in [0.2, 0.25) is 0 Å². The molecule has 0 heterocycles. The molecule has 1 aromatic rings. The Labute approximate surface area is 94.0 Å². The predicted octanol–water partition coefficient (Wildman–Crippen LogP) is 2.06. The van der Waals surface area contributed by atoms with Crippen molar-refractivity contribution in [3.05, 3.63) is 35.4 Å². The molecule has 1 saturated carbocycles. The third-order valence-electron chi connectivity index (χ3n) is 3.15. The van der Waals surface area contributed by atoms with Crippen LogP contribution in [0, 0.1) is 11.6 Å². The fourth-order valence-corrected chi connectivity index (χ4v) is 2.24. The highest BCUT2D eigenvalue weighted by atomic mass is 19.1. The van der Waals surface area contributed by atoms with Gasteiger partial charge < -0.3 is 10.6 Å². The van der Waals surface area contributed by atoms with Gasteiger partial charge in [-0.25, -0.2) is 8.78 Å². The van der Waals surface area contributed by atoms with Gasteiger partial charge in [-0.1, -0.05) is 6.07 Å². The van der Waals surface area contributed by atoms with E-state index in [4.69, 9.17) is 5.73 Å². The first-order chi connectivity index (χ1) is 7.44. The Balaban J connectivity index is 2.39. The molecule has 16 heavy (non-hydrogen) atoms. The standard InChI is InChI=1S/C12H16F2N2/c1-16(2)11(12(15)5-6-12)9-4-3-8(13)7-10(9)14/h3-4,7,11H,5-6,15H2,1-2H3. The second kappa shape index (κ2) is 3.79. The maximum atomic E-state index is 13.7. The van der Waals surface area contributed by atoms with Crippen molar-refractivity contribution in [3.8, 4) is 0 Å². The van der Waals surface area contributed by atoms with Gasteiger partial charge in [0.2, 0.25) is 0 Å². The molecule has 0 aromatic heterocycles. The van der Waals surface area contributed by atoms with Crippen LogP contribution < -0.4 is 5.73 Å². The van der Waals surface area contributed by atoms with Crippen molar-refractivity contribution < 1.29 is 8.78 Å². The molecule has 0 radical (unpaired) electrons. The molecule has 1 aromatic carbocycles. The Morgan fingerprint density at radius 1 is 1.31 bits per heavy atom. The maximum Gasteiger partial charge on any atom is 0.130 e. The summed E-state index contributed by atoms with van der Waals surface area (Å²) in [6.45, 7) is 0. The van der Waals surface area contributed by atoms with E-state index in [-0.39, 0.29) is 11.6 Å². The Bertz CT molecular complexity index is 400. The zero-order valence-corrected chi connectivity index (χ0v) is 9.50. The third kappa shape index (κ3) is 1.95. The lowest BCUT2D eigenvalue weighted by molar-refractivity contribution is 0.239. The number of benzene rings is 1. The van der Waals surface area contributed by atoms with E-state index < -0.39 is 11.6 Å². The van der Waals surface area contributed by atoms with Crippen molar-refractivity contribution in [2.24, 2.45) is 5.73 Å². The summed E-state index contributed by atoms with van der Waals surface area (Å²) < 4.78 is 26.5. The smallest absolute Gasteiger partial charge is 0.130 e. The Morgan fingerprint density at radius 2 is 1.94 bits per heavy atom. The van der Waals surface area contributed by atoms with Gasteiger partial charge in [0.1, 0.15) is 11.6 Å². The lowest BCUT2D eigenvalue weighted by Gasteiger charge is -2.30. The van der Waals surface area contributed by atoms with Gasteiger partial charge in [-0.3, -0.25) is 0 Å². The molecule has 0 amide bonds. The largest absolute Gasteiger partial charge is 0.323 e. The molecule has 4 heteroatoms. The molecule has 1 atom stereocenters. The molecule has 2 N–H and O–H groups in total. The van der Waals surface area contributed by atoms with Crippen LogP contribution in [0.3, 0.4) is 0 Å². The highest BCUT2D eigenvalue weighted by Gasteiger charge is 2.48. The van der Waals surface area contributed by atoms with Crippen molar-refractivity contribution in [2.45, 2.75) is 24.4 Å². The normalized spacial score (nSPS) is 19.9. The predicted molar refractivity (Wildman–Crippen MR) is 58.9 cm³/mol. The van der Waals surface area contributed by atoms with E-state index in [0.717, 1.165) is 18.9 Å². The van der Waals surface area contributed by atoms with Gasteiger partial charge in [0.05, 0.1) is 6.04 Å². The molecule has 0 saturated heterocycles. The summed E-state index contributed by atoms with van der Waals surface area (Å²) in [6, 6.07) is 3.49. The van der Waals surface area contributed by atoms with E-state index >= 15 is 0 Å². The van der Waals surface area contributed by atoms with E-state index in [1.54, 1.807) is 0 Å². The van der Waals surface area contributed by atoms with Gasteiger partial charge in [0, 0.05) is 17.2 Å². The minimum Gasteiger partial charge on any atom is -0.323 e. The molecular formula is C12H16F2N2. The van der Waals surface area contributed by atoms with Gasteiger partial charge in [0.15, 0.2) is 0 Å². The van der Waals surface area contributed by atoms with Crippen molar-refractivity contribution in [2.75, 3.05) is 14.1 Å². The zero-order valence-electron chi connectivity index (χ0n) is 9.50. The van der Waals surface area contributed by atoms with E-state index in [1.807, 2.05) is 19.0 Å². The second-order valence-corrected chi connectivity index (χ2v) is 4.77. The van der Waals surface area contributed by atoms with Crippen LogP contribution in [-0.4, -0.2) is 24.5 Å². The average molecular weight is 226 g/mol. The summed E-state index contributed by atoms with van der Waals surface area (Å²) >= 11 is 0. The van der Waals surface area contributed by atoms with Crippen LogP contribution in [0.25, 0.3) is 0 Å². The van der Waals surface area contributed by atoms with E-state index in [9.17, 15) is 8.78 Å². The maximum absolute atomic E-state index is 13.7. The first-order valence-corrected chi connectivity index (χ1v) is 5.34. The first-order valence-electron chi connectivity index (χ1n) is 5.34. The fraction of sp³-hybridized carbons (Fsp3) is 0.500. The van der Waals surface area contributed by atoms with E-state index in [0.29, 0.717) is 5.56 Å². The number of hydrogen-bond acceptors (Lipinski definition) is 2. The van der Waals surface area contributed by atoms with Crippen LogP contribution in [0.15, 0.2) is 18.2 Å². The summed E-state index contributed by atoms with van der Waals surface area (Å²) in [5, 5.41) is 0. The van der Waals surface area contributed by atoms with Gasteiger partial charge in [-0.2, -0.15) is 0 Å². The van der Waals surface area contributed by atoms with Crippen molar-refractivity contribution in [3.63, 3.8) is 0 Å². The Hall–Kier alpha value is -1.00. The van der Waals surface area contributed by atoms with Crippen LogP contribution in [-0.2, 0) is 0 Å². The minimum atomic E-state index is -0.555. The summed E-state index contributed by atoms with van der Waals surface area (Å²) in [5.74, 6) is -1.07. The molecule has 1 unspecified atom stereocenters. The molecular weight excluding hydrogens is 210 g/mol. The molecule has 0 aliphatic heterocycles. The number of likely N-dealkylation sites (N-methyl/N-ethyl adjacent to an activating group) is 1. The van der Waals surface area contributed by atoms with Crippen LogP contribution in [0.5, 0.6) is 0 Å². The molecule has 2 rings (SSSR count). The first kappa shape index (κ1) is 11.5. The summed E-state index contributed by atoms with van der Waals surface area (Å²) in [4.78, 5) is 1.89. The lowest BCUT2D eigenvalue weighted by atomic mass is 9.96. The van der Waals surface area contributed by atoms with Gasteiger partial charge in [-0.05, 0) is 33.0 Å². The average Bonchev–Trinajstić information content (AvgIpc) is 2.88. The number of nitrogens with zero attached hydrogens (tertiary/aromatic N) is 1. The van der Waals surface area contributed by atoms with Crippen LogP contribution in [0.4, 0.5) is 8.78 Å². The third-order valence-corrected chi connectivity index (χ3v) is 3.15. The van der Waals surface area contributed by atoms with Gasteiger partial charge in [-0.15, -0.1) is 0 Å². The lowest BCUT2D eigenvalue weighted by Crippen LogP contribution is -2.39. The highest BCUT2D eigenvalue weighted by molar-refractivity contribution is 5.28. The SMILES string of the molecule is CN(C)C(c1ccc(F)cc1F)C1(N)CC1. The van der Waals surface area contributed by atoms with Crippen LogP contribution >= 0.6 is 0 Å². The Morgan fingerprint density at radius 3 is 2.38 bits per heavy atom. The number of nitrogens with two attached hydrogens (primary N) is 1. The number of hydrogen-bond donors (Lipinski definition) is 1. The van der Waals surface area contributed by atoms with E-state index in [2.05, 4.69) is 0 Å². The van der Waals surface area contributed by atoms with Gasteiger partial charge in [0.25, 0.3) is 0 Å². The van der Waals surface area contributed by atoms with Gasteiger partial charge >= 0.3 is 0 Å². The van der Waals surface area contributed by atoms with Crippen molar-refractivity contribution >= 4 is 0 Å². The summed E-state index contributed by atoms with van der Waals surface area (Å²) in [5.41, 5.74) is 6.25. The molecule has 0 spiro atoms. The Kier molecular flexibility index (Phi) is 2.72. The zero-order chi connectivity index (χ0) is 11.9. The van der Waals surface area contributed by atoms with Crippen LogP contribution in [0.1, 0.15) is 24.4 Å². The highest BCUT2D eigenvalue weighted by Crippen LogP contribution is 2.46. The topological polar surface area (TPSA) is 29.3 Å². The number of rotatable bonds is 3. The monoisotopic (exact) mass is 226 g/mol. The second-order valence-electron chi connectivity index (χ2n) is 4.77. The molecule has 1 fully saturated rings. The number of halogens is 2. The van der Waals surface area contributed by atoms with E-state index in [1.165, 1.54) is 12.1 Å². The van der Waals surface area contributed by atoms with Crippen molar-refractivity contribution in [1.29, 1.82) is 0 Å². The fourth-order valence-electron chi connectivity index (χ4n) is 2.24. The molecule has 1 aliphatic carbocycles. The molecule has 0 bridgehead atoms. The molecule has 88 valence electrons. The molecule has 1 aliphatic rings. The molecule has 2 nitrogen and oxygen atoms in total. The summed E-state index contributed by atoms with van der Waals surface area (Å²) in [7, 11) is 3.72. The summed E-state index contributed by atoms with van der Waals surface area (Å²) in [6.07, 6.45) is 1.76. The quantitative estimate of drug-likeness (QED) is 0.854. The minimum absolute atomic E-state index is 0.187. The van der Waals surface area contributed by atoms with Crippen molar-refractivity contribution in [1.82, 2.24) is 4.90 Å².